The predicted molar refractivity (Wildman–Crippen MR) is 108 cm³/mol. The third-order valence-electron chi connectivity index (χ3n) is 4.47. The van der Waals surface area contributed by atoms with Crippen LogP contribution in [0.2, 0.25) is 0 Å². The molecule has 28 heavy (non-hydrogen) atoms. The molecule has 2 atom stereocenters. The average molecular weight is 398 g/mol. The highest BCUT2D eigenvalue weighted by atomic mass is 32.1. The second-order valence-corrected chi connectivity index (χ2v) is 7.44. The van der Waals surface area contributed by atoms with Gasteiger partial charge in [0.15, 0.2) is 0 Å². The van der Waals surface area contributed by atoms with Crippen molar-refractivity contribution in [3.8, 4) is 6.07 Å². The second-order valence-electron chi connectivity index (χ2n) is 6.52. The van der Waals surface area contributed by atoms with Crippen LogP contribution >= 0.6 is 11.3 Å². The van der Waals surface area contributed by atoms with Crippen LogP contribution in [0.5, 0.6) is 0 Å². The van der Waals surface area contributed by atoms with E-state index in [1.54, 1.807) is 42.6 Å². The Morgan fingerprint density at radius 2 is 2.18 bits per heavy atom. The Labute approximate surface area is 167 Å². The number of hydrogen-bond acceptors (Lipinski definition) is 6. The highest BCUT2D eigenvalue weighted by Gasteiger charge is 2.20. The van der Waals surface area contributed by atoms with E-state index < -0.39 is 6.04 Å². The van der Waals surface area contributed by atoms with Gasteiger partial charge in [0.25, 0.3) is 5.91 Å². The van der Waals surface area contributed by atoms with Crippen molar-refractivity contribution in [1.82, 2.24) is 5.32 Å². The third-order valence-corrected chi connectivity index (χ3v) is 5.30. The molecule has 3 N–H and O–H groups in total. The predicted octanol–water partition coefficient (Wildman–Crippen LogP) is 2.97. The zero-order valence-corrected chi connectivity index (χ0v) is 16.3. The number of benzene rings is 1. The van der Waals surface area contributed by atoms with Gasteiger partial charge in [0, 0.05) is 18.8 Å². The molecule has 7 nitrogen and oxygen atoms in total. The number of carbonyl (C=O) groups excluding carboxylic acids is 2. The molecule has 8 heteroatoms. The van der Waals surface area contributed by atoms with Gasteiger partial charge in [-0.25, -0.2) is 0 Å². The Hall–Kier alpha value is -2.89. The minimum Gasteiger partial charge on any atom is -0.376 e. The molecular formula is C20H22N4O3S. The summed E-state index contributed by atoms with van der Waals surface area (Å²) in [6, 6.07) is 10.2. The summed E-state index contributed by atoms with van der Waals surface area (Å²) < 4.78 is 5.53. The first kappa shape index (κ1) is 19.9. The van der Waals surface area contributed by atoms with Crippen LogP contribution in [0.1, 0.15) is 35.7 Å². The van der Waals surface area contributed by atoms with Gasteiger partial charge in [-0.3, -0.25) is 9.59 Å². The van der Waals surface area contributed by atoms with E-state index in [2.05, 4.69) is 16.0 Å². The van der Waals surface area contributed by atoms with Crippen molar-refractivity contribution in [1.29, 1.82) is 5.26 Å². The number of amides is 2. The Morgan fingerprint density at radius 1 is 1.36 bits per heavy atom. The summed E-state index contributed by atoms with van der Waals surface area (Å²) in [6.07, 6.45) is 2.03. The summed E-state index contributed by atoms with van der Waals surface area (Å²) in [4.78, 5) is 25.0. The molecule has 1 saturated heterocycles. The van der Waals surface area contributed by atoms with Crippen LogP contribution in [0.25, 0.3) is 0 Å². The van der Waals surface area contributed by atoms with E-state index >= 15 is 0 Å². The Balaban J connectivity index is 1.62. The van der Waals surface area contributed by atoms with E-state index in [0.717, 1.165) is 19.4 Å². The Bertz CT molecular complexity index is 884. The molecule has 0 radical (unpaired) electrons. The number of para-hydroxylation sites is 1. The van der Waals surface area contributed by atoms with Crippen molar-refractivity contribution in [2.45, 2.75) is 31.9 Å². The van der Waals surface area contributed by atoms with Gasteiger partial charge in [-0.15, -0.1) is 11.3 Å². The topological polar surface area (TPSA) is 103 Å². The number of hydrogen-bond donors (Lipinski definition) is 3. The van der Waals surface area contributed by atoms with E-state index in [9.17, 15) is 9.59 Å². The molecule has 1 aromatic heterocycles. The van der Waals surface area contributed by atoms with Crippen LogP contribution in [0, 0.1) is 11.3 Å². The summed E-state index contributed by atoms with van der Waals surface area (Å²) >= 11 is 1.29. The first-order chi connectivity index (χ1) is 13.6. The number of thiophene rings is 1. The molecular weight excluding hydrogens is 376 g/mol. The number of nitriles is 1. The van der Waals surface area contributed by atoms with E-state index in [1.165, 1.54) is 11.3 Å². The van der Waals surface area contributed by atoms with Gasteiger partial charge >= 0.3 is 0 Å². The SMILES string of the molecule is C[C@@H](Nc1ccccc1C(=O)NC[C@@H]1CCCO1)C(=O)Nc1sccc1C#N. The molecule has 3 rings (SSSR count). The summed E-state index contributed by atoms with van der Waals surface area (Å²) in [6.45, 7) is 2.91. The maximum atomic E-state index is 12.6. The number of nitrogens with zero attached hydrogens (tertiary/aromatic N) is 1. The molecule has 1 aliphatic rings. The molecule has 2 heterocycles. The molecule has 0 bridgehead atoms. The van der Waals surface area contributed by atoms with Crippen LogP contribution in [-0.2, 0) is 9.53 Å². The number of anilines is 2. The van der Waals surface area contributed by atoms with E-state index in [0.29, 0.717) is 28.4 Å². The monoisotopic (exact) mass is 398 g/mol. The summed E-state index contributed by atoms with van der Waals surface area (Å²) in [7, 11) is 0. The van der Waals surface area contributed by atoms with Crippen molar-refractivity contribution >= 4 is 33.8 Å². The van der Waals surface area contributed by atoms with Crippen molar-refractivity contribution in [2.75, 3.05) is 23.8 Å². The maximum Gasteiger partial charge on any atom is 0.253 e. The van der Waals surface area contributed by atoms with E-state index in [4.69, 9.17) is 10.00 Å². The molecule has 1 aromatic carbocycles. The average Bonchev–Trinajstić information content (AvgIpc) is 3.38. The normalized spacial score (nSPS) is 16.8. The lowest BCUT2D eigenvalue weighted by Gasteiger charge is -2.18. The summed E-state index contributed by atoms with van der Waals surface area (Å²) in [5.41, 5.74) is 1.47. The number of carbonyl (C=O) groups is 2. The quantitative estimate of drug-likeness (QED) is 0.665. The smallest absolute Gasteiger partial charge is 0.253 e. The minimum atomic E-state index is -0.597. The van der Waals surface area contributed by atoms with Crippen LogP contribution in [-0.4, -0.2) is 37.1 Å². The molecule has 1 aliphatic heterocycles. The van der Waals surface area contributed by atoms with Gasteiger partial charge in [0.05, 0.1) is 17.2 Å². The van der Waals surface area contributed by atoms with Crippen LogP contribution < -0.4 is 16.0 Å². The molecule has 1 fully saturated rings. The lowest BCUT2D eigenvalue weighted by molar-refractivity contribution is -0.116. The van der Waals surface area contributed by atoms with Gasteiger partial charge in [-0.1, -0.05) is 12.1 Å². The van der Waals surface area contributed by atoms with Crippen molar-refractivity contribution in [2.24, 2.45) is 0 Å². The lowest BCUT2D eigenvalue weighted by Crippen LogP contribution is -2.34. The molecule has 0 unspecified atom stereocenters. The molecule has 146 valence electrons. The summed E-state index contributed by atoms with van der Waals surface area (Å²) in [5, 5.41) is 20.1. The molecule has 2 amide bonds. The van der Waals surface area contributed by atoms with Gasteiger partial charge in [0.2, 0.25) is 5.91 Å². The standard InChI is InChI=1S/C20H22N4O3S/c1-13(18(25)24-20-14(11-21)8-10-28-20)23-17-7-3-2-6-16(17)19(26)22-12-15-5-4-9-27-15/h2-3,6-8,10,13,15,23H,4-5,9,12H2,1H3,(H,22,26)(H,24,25)/t13-,15+/m1/s1. The van der Waals surface area contributed by atoms with Crippen molar-refractivity contribution < 1.29 is 14.3 Å². The fourth-order valence-electron chi connectivity index (χ4n) is 2.93. The lowest BCUT2D eigenvalue weighted by atomic mass is 10.1. The molecule has 2 aromatic rings. The first-order valence-corrected chi connectivity index (χ1v) is 10.00. The fourth-order valence-corrected chi connectivity index (χ4v) is 3.67. The largest absolute Gasteiger partial charge is 0.376 e. The number of ether oxygens (including phenoxy) is 1. The van der Waals surface area contributed by atoms with Crippen LogP contribution in [0.15, 0.2) is 35.7 Å². The van der Waals surface area contributed by atoms with E-state index in [-0.39, 0.29) is 17.9 Å². The highest BCUT2D eigenvalue weighted by molar-refractivity contribution is 7.14. The first-order valence-electron chi connectivity index (χ1n) is 9.12. The van der Waals surface area contributed by atoms with Crippen LogP contribution in [0.3, 0.4) is 0 Å². The maximum absolute atomic E-state index is 12.6. The molecule has 0 spiro atoms. The Morgan fingerprint density at radius 3 is 2.93 bits per heavy atom. The van der Waals surface area contributed by atoms with Crippen LogP contribution in [0.4, 0.5) is 10.7 Å². The number of nitrogens with one attached hydrogen (secondary N) is 3. The number of rotatable bonds is 7. The van der Waals surface area contributed by atoms with Gasteiger partial charge in [-0.2, -0.15) is 5.26 Å². The van der Waals surface area contributed by atoms with Gasteiger partial charge in [-0.05, 0) is 43.3 Å². The minimum absolute atomic E-state index is 0.0638. The highest BCUT2D eigenvalue weighted by Crippen LogP contribution is 2.23. The third kappa shape index (κ3) is 4.88. The second kappa shape index (κ2) is 9.35. The summed E-state index contributed by atoms with van der Waals surface area (Å²) in [5.74, 6) is -0.496. The van der Waals surface area contributed by atoms with E-state index in [1.807, 2.05) is 6.07 Å². The zero-order valence-electron chi connectivity index (χ0n) is 15.5. The van der Waals surface area contributed by atoms with Crippen molar-refractivity contribution in [3.05, 3.63) is 46.8 Å². The van der Waals surface area contributed by atoms with Gasteiger partial charge in [0.1, 0.15) is 17.1 Å². The van der Waals surface area contributed by atoms with Crippen molar-refractivity contribution in [3.63, 3.8) is 0 Å². The fraction of sp³-hybridized carbons (Fsp3) is 0.350. The Kier molecular flexibility index (Phi) is 6.63. The molecule has 0 saturated carbocycles. The van der Waals surface area contributed by atoms with Gasteiger partial charge < -0.3 is 20.7 Å². The zero-order chi connectivity index (χ0) is 19.9. The molecule has 0 aliphatic carbocycles.